The van der Waals surface area contributed by atoms with Crippen LogP contribution in [-0.4, -0.2) is 26.1 Å². The van der Waals surface area contributed by atoms with Crippen molar-refractivity contribution in [3.8, 4) is 0 Å². The van der Waals surface area contributed by atoms with E-state index in [1.807, 2.05) is 30.9 Å². The summed E-state index contributed by atoms with van der Waals surface area (Å²) in [6.45, 7) is 4.07. The number of carbonyl (C=O) groups is 1. The molecule has 1 atom stereocenters. The molecule has 1 amide bonds. The van der Waals surface area contributed by atoms with Crippen molar-refractivity contribution in [1.82, 2.24) is 0 Å². The van der Waals surface area contributed by atoms with E-state index in [-0.39, 0.29) is 17.1 Å². The Kier molecular flexibility index (Phi) is 4.07. The molecule has 4 aliphatic carbocycles. The van der Waals surface area contributed by atoms with Crippen molar-refractivity contribution in [2.45, 2.75) is 58.4 Å². The van der Waals surface area contributed by atoms with Crippen molar-refractivity contribution >= 4 is 21.4 Å². The Morgan fingerprint density at radius 1 is 0.964 bits per heavy atom. The van der Waals surface area contributed by atoms with E-state index in [9.17, 15) is 13.2 Å². The number of sulfone groups is 1. The van der Waals surface area contributed by atoms with Crippen LogP contribution in [0.15, 0.2) is 29.7 Å². The number of hydrogen-bond acceptors (Lipinski definition) is 3. The fraction of sp³-hybridized carbons (Fsp3) is 0.609. The molecule has 1 unspecified atom stereocenters. The number of nitrogens with zero attached hydrogens (tertiary/aromatic N) is 1. The zero-order valence-electron chi connectivity index (χ0n) is 16.7. The third-order valence-corrected chi connectivity index (χ3v) is 8.82. The summed E-state index contributed by atoms with van der Waals surface area (Å²) in [5.41, 5.74) is 2.77. The first-order valence-electron chi connectivity index (χ1n) is 10.6. The van der Waals surface area contributed by atoms with Crippen LogP contribution in [0.4, 0.5) is 5.69 Å². The normalized spacial score (nSPS) is 37.4. The zero-order chi connectivity index (χ0) is 19.7. The highest BCUT2D eigenvalue weighted by molar-refractivity contribution is 7.94. The van der Waals surface area contributed by atoms with Crippen LogP contribution in [0, 0.1) is 37.0 Å². The van der Waals surface area contributed by atoms with E-state index in [0.717, 1.165) is 36.1 Å². The van der Waals surface area contributed by atoms with E-state index < -0.39 is 15.9 Å². The van der Waals surface area contributed by atoms with Crippen LogP contribution in [0.2, 0.25) is 0 Å². The molecular weight excluding hydrogens is 370 g/mol. The quantitative estimate of drug-likeness (QED) is 0.767. The molecule has 1 aliphatic heterocycles. The van der Waals surface area contributed by atoms with Gasteiger partial charge in [-0.25, -0.2) is 8.42 Å². The minimum absolute atomic E-state index is 0.00189. The SMILES string of the molecule is Cc1cc(C)cc(N(C(=O)C23CC4CC(CC(C4)C2)C3)C2C=CS(=O)(=O)C2)c1. The molecule has 0 saturated heterocycles. The van der Waals surface area contributed by atoms with Crippen molar-refractivity contribution in [1.29, 1.82) is 0 Å². The summed E-state index contributed by atoms with van der Waals surface area (Å²) in [5.74, 6) is 2.21. The lowest BCUT2D eigenvalue weighted by Crippen LogP contribution is -2.57. The summed E-state index contributed by atoms with van der Waals surface area (Å²) in [6.07, 6.45) is 8.54. The largest absolute Gasteiger partial charge is 0.304 e. The van der Waals surface area contributed by atoms with Gasteiger partial charge in [0.2, 0.25) is 5.91 Å². The molecule has 4 nitrogen and oxygen atoms in total. The highest BCUT2D eigenvalue weighted by Gasteiger charge is 2.56. The van der Waals surface area contributed by atoms with Crippen molar-refractivity contribution in [3.05, 3.63) is 40.8 Å². The molecule has 0 radical (unpaired) electrons. The van der Waals surface area contributed by atoms with Crippen LogP contribution in [0.5, 0.6) is 0 Å². The summed E-state index contributed by atoms with van der Waals surface area (Å²) in [4.78, 5) is 16.0. The van der Waals surface area contributed by atoms with Gasteiger partial charge in [0, 0.05) is 11.1 Å². The maximum Gasteiger partial charge on any atom is 0.233 e. The summed E-state index contributed by atoms with van der Waals surface area (Å²) in [5, 5.41) is 1.29. The summed E-state index contributed by atoms with van der Waals surface area (Å²) in [6, 6.07) is 5.76. The molecule has 1 aromatic rings. The molecule has 150 valence electrons. The molecule has 4 fully saturated rings. The van der Waals surface area contributed by atoms with Crippen molar-refractivity contribution in [2.24, 2.45) is 23.2 Å². The molecule has 4 bridgehead atoms. The lowest BCUT2D eigenvalue weighted by Gasteiger charge is -2.57. The van der Waals surface area contributed by atoms with Crippen molar-refractivity contribution in [2.75, 3.05) is 10.7 Å². The third-order valence-electron chi connectivity index (χ3n) is 7.44. The van der Waals surface area contributed by atoms with Gasteiger partial charge in [-0.2, -0.15) is 0 Å². The number of benzene rings is 1. The maximum atomic E-state index is 14.1. The molecule has 5 aliphatic rings. The van der Waals surface area contributed by atoms with Gasteiger partial charge in [0.1, 0.15) is 0 Å². The number of amides is 1. The van der Waals surface area contributed by atoms with Gasteiger partial charge in [-0.1, -0.05) is 6.07 Å². The third kappa shape index (κ3) is 3.02. The molecule has 4 saturated carbocycles. The number of aryl methyl sites for hydroxylation is 2. The van der Waals surface area contributed by atoms with E-state index >= 15 is 0 Å². The molecule has 28 heavy (non-hydrogen) atoms. The minimum Gasteiger partial charge on any atom is -0.304 e. The molecule has 6 rings (SSSR count). The second-order valence-electron chi connectivity index (χ2n) is 9.94. The molecule has 0 aromatic heterocycles. The summed E-state index contributed by atoms with van der Waals surface area (Å²) < 4.78 is 24.3. The minimum atomic E-state index is -3.23. The maximum absolute atomic E-state index is 14.1. The molecule has 1 aromatic carbocycles. The highest BCUT2D eigenvalue weighted by Crippen LogP contribution is 2.61. The van der Waals surface area contributed by atoms with Gasteiger partial charge in [0.05, 0.1) is 17.2 Å². The first-order chi connectivity index (χ1) is 13.2. The number of anilines is 1. The highest BCUT2D eigenvalue weighted by atomic mass is 32.2. The Morgan fingerprint density at radius 3 is 1.96 bits per heavy atom. The summed E-state index contributed by atoms with van der Waals surface area (Å²) >= 11 is 0. The average Bonchev–Trinajstić information content (AvgIpc) is 2.92. The van der Waals surface area contributed by atoms with E-state index in [4.69, 9.17) is 0 Å². The fourth-order valence-corrected chi connectivity index (χ4v) is 8.17. The average molecular weight is 400 g/mol. The lowest BCUT2D eigenvalue weighted by molar-refractivity contribution is -0.143. The molecule has 0 N–H and O–H groups in total. The molecular formula is C23H29NO3S. The Bertz CT molecular complexity index is 907. The van der Waals surface area contributed by atoms with Gasteiger partial charge >= 0.3 is 0 Å². The zero-order valence-corrected chi connectivity index (χ0v) is 17.5. The predicted octanol–water partition coefficient (Wildman–Crippen LogP) is 4.16. The number of hydrogen-bond donors (Lipinski definition) is 0. The topological polar surface area (TPSA) is 54.5 Å². The van der Waals surface area contributed by atoms with Crippen LogP contribution < -0.4 is 4.90 Å². The van der Waals surface area contributed by atoms with Crippen LogP contribution in [0.1, 0.15) is 49.7 Å². The van der Waals surface area contributed by atoms with E-state index in [2.05, 4.69) is 6.07 Å². The molecule has 0 spiro atoms. The predicted molar refractivity (Wildman–Crippen MR) is 111 cm³/mol. The van der Waals surface area contributed by atoms with Crippen LogP contribution >= 0.6 is 0 Å². The smallest absolute Gasteiger partial charge is 0.233 e. The first kappa shape index (κ1) is 18.4. The van der Waals surface area contributed by atoms with Gasteiger partial charge in [-0.05, 0) is 99.5 Å². The molecule has 5 heteroatoms. The fourth-order valence-electron chi connectivity index (χ4n) is 6.90. The van der Waals surface area contributed by atoms with Crippen molar-refractivity contribution < 1.29 is 13.2 Å². The number of carbonyl (C=O) groups excluding carboxylic acids is 1. The second-order valence-corrected chi connectivity index (χ2v) is 11.9. The van der Waals surface area contributed by atoms with Crippen LogP contribution in [0.3, 0.4) is 0 Å². The number of rotatable bonds is 3. The van der Waals surface area contributed by atoms with Crippen LogP contribution in [-0.2, 0) is 14.6 Å². The molecule has 1 heterocycles. The van der Waals surface area contributed by atoms with Gasteiger partial charge in [0.25, 0.3) is 0 Å². The van der Waals surface area contributed by atoms with E-state index in [0.29, 0.717) is 17.8 Å². The van der Waals surface area contributed by atoms with E-state index in [1.165, 1.54) is 24.7 Å². The van der Waals surface area contributed by atoms with Gasteiger partial charge in [0.15, 0.2) is 9.84 Å². The van der Waals surface area contributed by atoms with Crippen molar-refractivity contribution in [3.63, 3.8) is 0 Å². The van der Waals surface area contributed by atoms with Gasteiger partial charge in [-0.3, -0.25) is 4.79 Å². The summed E-state index contributed by atoms with van der Waals surface area (Å²) in [7, 11) is -3.23. The van der Waals surface area contributed by atoms with Gasteiger partial charge in [-0.15, -0.1) is 0 Å². The Hall–Kier alpha value is -1.62. The lowest BCUT2D eigenvalue weighted by atomic mass is 9.49. The standard InChI is InChI=1S/C23H29NO3S/c1-15-5-16(2)7-21(6-15)24(20-3-4-28(26,27)14-20)22(25)23-11-17-8-18(12-23)10-19(9-17)13-23/h3-7,17-20H,8-14H2,1-2H3. The Morgan fingerprint density at radius 2 is 1.50 bits per heavy atom. The monoisotopic (exact) mass is 399 g/mol. The first-order valence-corrected chi connectivity index (χ1v) is 12.3. The van der Waals surface area contributed by atoms with Gasteiger partial charge < -0.3 is 4.90 Å². The van der Waals surface area contributed by atoms with E-state index in [1.54, 1.807) is 6.08 Å². The van der Waals surface area contributed by atoms with Crippen LogP contribution in [0.25, 0.3) is 0 Å². The second kappa shape index (κ2) is 6.19. The Balaban J connectivity index is 1.56. The Labute approximate surface area is 167 Å².